The molecule has 1 amide bonds. The van der Waals surface area contributed by atoms with Gasteiger partial charge in [0.2, 0.25) is 0 Å². The molecule has 0 radical (unpaired) electrons. The van der Waals surface area contributed by atoms with E-state index in [9.17, 15) is 14.4 Å². The van der Waals surface area contributed by atoms with Crippen molar-refractivity contribution < 1.29 is 18.7 Å². The first kappa shape index (κ1) is 19.3. The monoisotopic (exact) mass is 374 g/mol. The minimum atomic E-state index is -0.654. The van der Waals surface area contributed by atoms with Gasteiger partial charge in [0, 0.05) is 11.3 Å². The molecule has 2 aromatic rings. The van der Waals surface area contributed by atoms with Crippen molar-refractivity contribution in [3.63, 3.8) is 0 Å². The number of amides is 1. The Kier molecular flexibility index (Phi) is 6.59. The molecule has 134 valence electrons. The van der Waals surface area contributed by atoms with E-state index in [0.717, 1.165) is 6.07 Å². The van der Waals surface area contributed by atoms with Gasteiger partial charge in [-0.05, 0) is 37.3 Å². The van der Waals surface area contributed by atoms with Crippen LogP contribution in [0.4, 0.5) is 10.1 Å². The maximum Gasteiger partial charge on any atom is 0.266 e. The molecule has 26 heavy (non-hydrogen) atoms. The number of rotatable bonds is 6. The smallest absolute Gasteiger partial charge is 0.266 e. The van der Waals surface area contributed by atoms with Gasteiger partial charge in [0.25, 0.3) is 5.91 Å². The number of hydrogen-bond acceptors (Lipinski definition) is 4. The van der Waals surface area contributed by atoms with E-state index in [0.29, 0.717) is 23.7 Å². The molecule has 0 atom stereocenters. The summed E-state index contributed by atoms with van der Waals surface area (Å²) < 4.78 is 24.0. The highest BCUT2D eigenvalue weighted by Crippen LogP contribution is 2.32. The fourth-order valence-corrected chi connectivity index (χ4v) is 2.39. The molecular formula is C19H16ClFN2O3. The lowest BCUT2D eigenvalue weighted by atomic mass is 10.1. The summed E-state index contributed by atoms with van der Waals surface area (Å²) in [5.74, 6) is -0.330. The van der Waals surface area contributed by atoms with Gasteiger partial charge >= 0.3 is 0 Å². The summed E-state index contributed by atoms with van der Waals surface area (Å²) in [5, 5.41) is 11.7. The minimum absolute atomic E-state index is 0.128. The standard InChI is InChI=1S/C19H16ClFN2O3/c1-3-26-17-6-4-5-12(18(17)25-2)9-13(11-22)19(24)23-14-7-8-16(21)15(20)10-14/h4-10H,3H2,1-2H3,(H,23,24)/b13-9+. The summed E-state index contributed by atoms with van der Waals surface area (Å²) in [4.78, 5) is 12.3. The fraction of sp³-hybridized carbons (Fsp3) is 0.158. The van der Waals surface area contributed by atoms with Crippen LogP contribution >= 0.6 is 11.6 Å². The Morgan fingerprint density at radius 2 is 2.15 bits per heavy atom. The van der Waals surface area contributed by atoms with Crippen LogP contribution in [0.2, 0.25) is 5.02 Å². The Morgan fingerprint density at radius 1 is 1.38 bits per heavy atom. The van der Waals surface area contributed by atoms with E-state index >= 15 is 0 Å². The van der Waals surface area contributed by atoms with E-state index in [4.69, 9.17) is 21.1 Å². The van der Waals surface area contributed by atoms with Crippen molar-refractivity contribution in [2.24, 2.45) is 0 Å². The summed E-state index contributed by atoms with van der Waals surface area (Å²) in [6.45, 7) is 2.28. The summed E-state index contributed by atoms with van der Waals surface area (Å²) >= 11 is 5.69. The zero-order valence-corrected chi connectivity index (χ0v) is 14.9. The van der Waals surface area contributed by atoms with Crippen LogP contribution in [-0.4, -0.2) is 19.6 Å². The first-order valence-corrected chi connectivity index (χ1v) is 8.06. The van der Waals surface area contributed by atoms with E-state index < -0.39 is 11.7 Å². The van der Waals surface area contributed by atoms with Gasteiger partial charge in [0.15, 0.2) is 11.5 Å². The number of halogens is 2. The highest BCUT2D eigenvalue weighted by atomic mass is 35.5. The van der Waals surface area contributed by atoms with Gasteiger partial charge in [0.1, 0.15) is 17.5 Å². The van der Waals surface area contributed by atoms with Crippen LogP contribution in [-0.2, 0) is 4.79 Å². The van der Waals surface area contributed by atoms with Crippen LogP contribution in [0.5, 0.6) is 11.5 Å². The highest BCUT2D eigenvalue weighted by Gasteiger charge is 2.14. The SMILES string of the molecule is CCOc1cccc(/C=C(\C#N)C(=O)Nc2ccc(F)c(Cl)c2)c1OC. The number of para-hydroxylation sites is 1. The number of hydrogen-bond donors (Lipinski definition) is 1. The molecule has 0 saturated carbocycles. The topological polar surface area (TPSA) is 71.3 Å². The molecule has 0 aliphatic heterocycles. The second-order valence-electron chi connectivity index (χ2n) is 5.06. The van der Waals surface area contributed by atoms with Gasteiger partial charge in [-0.15, -0.1) is 0 Å². The molecule has 0 unspecified atom stereocenters. The summed E-state index contributed by atoms with van der Waals surface area (Å²) in [6.07, 6.45) is 1.39. The molecule has 0 fully saturated rings. The molecule has 0 spiro atoms. The second kappa shape index (κ2) is 8.88. The zero-order valence-electron chi connectivity index (χ0n) is 14.2. The number of carbonyl (C=O) groups is 1. The first-order valence-electron chi connectivity index (χ1n) is 7.68. The van der Waals surface area contributed by atoms with Gasteiger partial charge in [-0.1, -0.05) is 23.7 Å². The number of carbonyl (C=O) groups excluding carboxylic acids is 1. The quantitative estimate of drug-likeness (QED) is 0.599. The first-order chi connectivity index (χ1) is 12.5. The fourth-order valence-electron chi connectivity index (χ4n) is 2.21. The van der Waals surface area contributed by atoms with Crippen LogP contribution in [0.15, 0.2) is 42.0 Å². The number of benzene rings is 2. The predicted octanol–water partition coefficient (Wildman–Crippen LogP) is 4.43. The lowest BCUT2D eigenvalue weighted by Gasteiger charge is -2.12. The lowest BCUT2D eigenvalue weighted by Crippen LogP contribution is -2.13. The van der Waals surface area contributed by atoms with E-state index in [1.54, 1.807) is 18.2 Å². The van der Waals surface area contributed by atoms with Crippen LogP contribution in [0.3, 0.4) is 0 Å². The van der Waals surface area contributed by atoms with Crippen LogP contribution in [0.25, 0.3) is 6.08 Å². The molecule has 0 bridgehead atoms. The molecule has 7 heteroatoms. The van der Waals surface area contributed by atoms with Crippen molar-refractivity contribution in [2.75, 3.05) is 19.0 Å². The summed E-state index contributed by atoms with van der Waals surface area (Å²) in [6, 6.07) is 10.7. The second-order valence-corrected chi connectivity index (χ2v) is 5.47. The summed E-state index contributed by atoms with van der Waals surface area (Å²) in [5.41, 5.74) is 0.636. The van der Waals surface area contributed by atoms with E-state index in [1.165, 1.54) is 25.3 Å². The van der Waals surface area contributed by atoms with E-state index in [2.05, 4.69) is 5.32 Å². The zero-order chi connectivity index (χ0) is 19.1. The third-order valence-electron chi connectivity index (χ3n) is 3.36. The van der Waals surface area contributed by atoms with Crippen LogP contribution < -0.4 is 14.8 Å². The highest BCUT2D eigenvalue weighted by molar-refractivity contribution is 6.31. The Hall–Kier alpha value is -3.04. The van der Waals surface area contributed by atoms with Crippen molar-refractivity contribution >= 4 is 29.3 Å². The number of nitrogens with zero attached hydrogens (tertiary/aromatic N) is 1. The van der Waals surface area contributed by atoms with Crippen molar-refractivity contribution in [1.82, 2.24) is 0 Å². The Morgan fingerprint density at radius 3 is 2.77 bits per heavy atom. The molecule has 2 aromatic carbocycles. The molecule has 5 nitrogen and oxygen atoms in total. The maximum atomic E-state index is 13.2. The van der Waals surface area contributed by atoms with Gasteiger partial charge in [0.05, 0.1) is 18.7 Å². The Balaban J connectivity index is 2.32. The normalized spacial score (nSPS) is 10.8. The van der Waals surface area contributed by atoms with Crippen molar-refractivity contribution in [2.45, 2.75) is 6.92 Å². The molecule has 0 aliphatic carbocycles. The van der Waals surface area contributed by atoms with Crippen molar-refractivity contribution in [3.05, 3.63) is 58.4 Å². The van der Waals surface area contributed by atoms with Gasteiger partial charge < -0.3 is 14.8 Å². The number of anilines is 1. The van der Waals surface area contributed by atoms with Crippen LogP contribution in [0, 0.1) is 17.1 Å². The van der Waals surface area contributed by atoms with Gasteiger partial charge in [-0.25, -0.2) is 4.39 Å². The Bertz CT molecular complexity index is 891. The van der Waals surface area contributed by atoms with Gasteiger partial charge in [-0.3, -0.25) is 4.79 Å². The van der Waals surface area contributed by atoms with Crippen molar-refractivity contribution in [3.8, 4) is 17.6 Å². The number of nitrogens with one attached hydrogen (secondary N) is 1. The van der Waals surface area contributed by atoms with Crippen LogP contribution in [0.1, 0.15) is 12.5 Å². The average molecular weight is 375 g/mol. The Labute approximate surface area is 155 Å². The largest absolute Gasteiger partial charge is 0.492 e. The third-order valence-corrected chi connectivity index (χ3v) is 3.65. The molecule has 0 aromatic heterocycles. The lowest BCUT2D eigenvalue weighted by molar-refractivity contribution is -0.112. The predicted molar refractivity (Wildman–Crippen MR) is 97.8 cm³/mol. The summed E-state index contributed by atoms with van der Waals surface area (Å²) in [7, 11) is 1.47. The third kappa shape index (κ3) is 4.52. The van der Waals surface area contributed by atoms with E-state index in [1.807, 2.05) is 13.0 Å². The number of methoxy groups -OCH3 is 1. The molecular weight excluding hydrogens is 359 g/mol. The molecule has 1 N–H and O–H groups in total. The maximum absolute atomic E-state index is 13.2. The number of ether oxygens (including phenoxy) is 2. The average Bonchev–Trinajstić information content (AvgIpc) is 2.63. The number of nitriles is 1. The molecule has 0 aliphatic rings. The molecule has 0 heterocycles. The van der Waals surface area contributed by atoms with Crippen molar-refractivity contribution in [1.29, 1.82) is 5.26 Å². The van der Waals surface area contributed by atoms with E-state index in [-0.39, 0.29) is 16.3 Å². The minimum Gasteiger partial charge on any atom is -0.492 e. The molecule has 2 rings (SSSR count). The van der Waals surface area contributed by atoms with Gasteiger partial charge in [-0.2, -0.15) is 5.26 Å². The molecule has 0 saturated heterocycles.